The molecule has 23 heavy (non-hydrogen) atoms. The number of aromatic nitrogens is 2. The average Bonchev–Trinajstić information content (AvgIpc) is 3.09. The summed E-state index contributed by atoms with van der Waals surface area (Å²) in [6.07, 6.45) is 0. The lowest BCUT2D eigenvalue weighted by Gasteiger charge is -1.93. The molecule has 2 heterocycles. The average molecular weight is 375 g/mol. The lowest BCUT2D eigenvalue weighted by Crippen LogP contribution is -1.74. The van der Waals surface area contributed by atoms with Crippen LogP contribution < -0.4 is 0 Å². The highest BCUT2D eigenvalue weighted by Crippen LogP contribution is 2.36. The van der Waals surface area contributed by atoms with Crippen LogP contribution in [0.25, 0.3) is 20.4 Å². The molecular weight excluding hydrogens is 360 g/mol. The Morgan fingerprint density at radius 1 is 0.783 bits per heavy atom. The fourth-order valence-electron chi connectivity index (χ4n) is 2.28. The summed E-state index contributed by atoms with van der Waals surface area (Å²) in [5.41, 5.74) is 4.78. The molecule has 2 nitrogen and oxygen atoms in total. The van der Waals surface area contributed by atoms with Crippen molar-refractivity contribution in [2.24, 2.45) is 0 Å². The third-order valence-electron chi connectivity index (χ3n) is 3.41. The molecule has 0 radical (unpaired) electrons. The largest absolute Gasteiger partial charge is 0.230 e. The third kappa shape index (κ3) is 3.40. The van der Waals surface area contributed by atoms with Crippen LogP contribution in [-0.4, -0.2) is 15.1 Å². The zero-order chi connectivity index (χ0) is 15.8. The molecule has 116 valence electrons. The van der Waals surface area contributed by atoms with E-state index in [0.717, 1.165) is 24.8 Å². The number of benzene rings is 2. The van der Waals surface area contributed by atoms with Crippen molar-refractivity contribution in [3.63, 3.8) is 0 Å². The first-order valence-electron chi connectivity index (χ1n) is 7.17. The van der Waals surface area contributed by atoms with Gasteiger partial charge < -0.3 is 0 Å². The number of fused-ring (bicyclic) bond motifs is 2. The van der Waals surface area contributed by atoms with Crippen LogP contribution in [-0.2, 0) is 0 Å². The molecule has 0 N–H and O–H groups in total. The Labute approximate surface area is 151 Å². The van der Waals surface area contributed by atoms with Crippen LogP contribution in [0.5, 0.6) is 0 Å². The third-order valence-corrected chi connectivity index (χ3v) is 7.87. The number of thioether (sulfide) groups is 2. The predicted molar refractivity (Wildman–Crippen MR) is 105 cm³/mol. The Kier molecular flexibility index (Phi) is 4.32. The van der Waals surface area contributed by atoms with Gasteiger partial charge in [0.25, 0.3) is 0 Å². The van der Waals surface area contributed by atoms with Crippen molar-refractivity contribution in [3.8, 4) is 0 Å². The van der Waals surface area contributed by atoms with E-state index in [4.69, 9.17) is 9.97 Å². The molecule has 0 amide bonds. The Morgan fingerprint density at radius 2 is 1.26 bits per heavy atom. The lowest BCUT2D eigenvalue weighted by molar-refractivity contribution is 1.30. The first kappa shape index (κ1) is 15.4. The van der Waals surface area contributed by atoms with Gasteiger partial charge in [0.15, 0.2) is 8.68 Å². The second-order valence-electron chi connectivity index (χ2n) is 5.31. The van der Waals surface area contributed by atoms with Gasteiger partial charge in [-0.1, -0.05) is 35.7 Å². The van der Waals surface area contributed by atoms with Crippen molar-refractivity contribution < 1.29 is 0 Å². The maximum Gasteiger partial charge on any atom is 0.151 e. The van der Waals surface area contributed by atoms with Crippen molar-refractivity contribution >= 4 is 66.6 Å². The van der Waals surface area contributed by atoms with E-state index in [0.29, 0.717) is 0 Å². The van der Waals surface area contributed by atoms with Crippen LogP contribution in [0.4, 0.5) is 0 Å². The first-order valence-corrected chi connectivity index (χ1v) is 10.8. The van der Waals surface area contributed by atoms with Gasteiger partial charge >= 0.3 is 0 Å². The molecule has 4 aromatic rings. The topological polar surface area (TPSA) is 25.8 Å². The van der Waals surface area contributed by atoms with E-state index in [1.807, 2.05) is 0 Å². The number of thiazole rings is 2. The van der Waals surface area contributed by atoms with Gasteiger partial charge in [-0.15, -0.1) is 22.7 Å². The van der Waals surface area contributed by atoms with Crippen LogP contribution in [0.3, 0.4) is 0 Å². The molecule has 2 aromatic heterocycles. The molecule has 0 aliphatic rings. The molecule has 0 aliphatic heterocycles. The summed E-state index contributed by atoms with van der Waals surface area (Å²) >= 11 is 7.14. The highest BCUT2D eigenvalue weighted by Gasteiger charge is 2.07. The van der Waals surface area contributed by atoms with Gasteiger partial charge in [0.05, 0.1) is 25.5 Å². The van der Waals surface area contributed by atoms with E-state index in [-0.39, 0.29) is 0 Å². The zero-order valence-corrected chi connectivity index (χ0v) is 16.0. The normalized spacial score (nSPS) is 11.6. The number of aryl methyl sites for hydroxylation is 2. The maximum absolute atomic E-state index is 4.69. The van der Waals surface area contributed by atoms with Gasteiger partial charge in [-0.2, -0.15) is 0 Å². The van der Waals surface area contributed by atoms with Crippen molar-refractivity contribution in [1.29, 1.82) is 0 Å². The zero-order valence-electron chi connectivity index (χ0n) is 12.7. The Bertz CT molecular complexity index is 907. The number of hydrogen-bond donors (Lipinski definition) is 0. The van der Waals surface area contributed by atoms with Gasteiger partial charge in [0.2, 0.25) is 0 Å². The number of nitrogens with zero attached hydrogens (tertiary/aromatic N) is 2. The van der Waals surface area contributed by atoms with Gasteiger partial charge in [-0.3, -0.25) is 0 Å². The molecule has 6 heteroatoms. The second kappa shape index (κ2) is 6.43. The molecule has 0 unspecified atom stereocenters. The van der Waals surface area contributed by atoms with Crippen molar-refractivity contribution in [1.82, 2.24) is 9.97 Å². The minimum Gasteiger partial charge on any atom is -0.230 e. The highest BCUT2D eigenvalue weighted by atomic mass is 32.2. The van der Waals surface area contributed by atoms with Crippen molar-refractivity contribution in [3.05, 3.63) is 47.5 Å². The van der Waals surface area contributed by atoms with E-state index in [2.05, 4.69) is 50.2 Å². The maximum atomic E-state index is 4.69. The molecule has 0 aliphatic carbocycles. The quantitative estimate of drug-likeness (QED) is 0.306. The highest BCUT2D eigenvalue weighted by molar-refractivity contribution is 8.17. The number of rotatable bonds is 4. The SMILES string of the molecule is Cc1ccc2nc(SCSc3nc4ccc(C)cc4s3)sc2c1. The van der Waals surface area contributed by atoms with Gasteiger partial charge in [0.1, 0.15) is 0 Å². The van der Waals surface area contributed by atoms with Gasteiger partial charge in [-0.25, -0.2) is 9.97 Å². The van der Waals surface area contributed by atoms with Crippen LogP contribution in [0.15, 0.2) is 45.1 Å². The molecule has 4 rings (SSSR count). The van der Waals surface area contributed by atoms with Crippen LogP contribution in [0.1, 0.15) is 11.1 Å². The van der Waals surface area contributed by atoms with Gasteiger partial charge in [0, 0.05) is 0 Å². The molecule has 0 atom stereocenters. The van der Waals surface area contributed by atoms with E-state index < -0.39 is 0 Å². The molecule has 0 saturated heterocycles. The molecule has 0 bridgehead atoms. The van der Waals surface area contributed by atoms with Crippen molar-refractivity contribution in [2.75, 3.05) is 5.08 Å². The lowest BCUT2D eigenvalue weighted by atomic mass is 10.2. The summed E-state index contributed by atoms with van der Waals surface area (Å²) in [6.45, 7) is 4.24. The van der Waals surface area contributed by atoms with Crippen LogP contribution >= 0.6 is 46.2 Å². The smallest absolute Gasteiger partial charge is 0.151 e. The predicted octanol–water partition coefficient (Wildman–Crippen LogP) is 6.36. The van der Waals surface area contributed by atoms with E-state index in [1.165, 1.54) is 20.5 Å². The monoisotopic (exact) mass is 374 g/mol. The second-order valence-corrected chi connectivity index (χ2v) is 10.2. The van der Waals surface area contributed by atoms with E-state index >= 15 is 0 Å². The van der Waals surface area contributed by atoms with E-state index in [9.17, 15) is 0 Å². The molecule has 0 fully saturated rings. The Morgan fingerprint density at radius 3 is 1.74 bits per heavy atom. The van der Waals surface area contributed by atoms with Crippen molar-refractivity contribution in [2.45, 2.75) is 22.5 Å². The molecule has 0 saturated carbocycles. The minimum atomic E-state index is 0.942. The Balaban J connectivity index is 1.45. The summed E-state index contributed by atoms with van der Waals surface area (Å²) in [5, 5.41) is 0.942. The first-order chi connectivity index (χ1) is 11.2. The summed E-state index contributed by atoms with van der Waals surface area (Å²) in [4.78, 5) is 9.38. The standard InChI is InChI=1S/C17H14N2S4/c1-10-3-5-12-14(7-10)22-16(18-12)20-9-21-17-19-13-6-4-11(2)8-15(13)23-17/h3-8H,9H2,1-2H3. The summed E-state index contributed by atoms with van der Waals surface area (Å²) in [5.74, 6) is 0. The van der Waals surface area contributed by atoms with Crippen LogP contribution in [0, 0.1) is 13.8 Å². The molecule has 2 aromatic carbocycles. The fourth-order valence-corrected chi connectivity index (χ4v) is 7.11. The van der Waals surface area contributed by atoms with Gasteiger partial charge in [-0.05, 0) is 49.2 Å². The fraction of sp³-hybridized carbons (Fsp3) is 0.176. The molecular formula is C17H14N2S4. The Hall–Kier alpha value is -1.08. The number of hydrogen-bond acceptors (Lipinski definition) is 6. The summed E-state index contributed by atoms with van der Waals surface area (Å²) in [7, 11) is 0. The van der Waals surface area contributed by atoms with E-state index in [1.54, 1.807) is 46.2 Å². The summed E-state index contributed by atoms with van der Waals surface area (Å²) in [6, 6.07) is 12.9. The minimum absolute atomic E-state index is 0.942. The van der Waals surface area contributed by atoms with Crippen LogP contribution in [0.2, 0.25) is 0 Å². The molecule has 0 spiro atoms. The summed E-state index contributed by atoms with van der Waals surface area (Å²) < 4.78 is 4.81.